The molecule has 0 aliphatic carbocycles. The van der Waals surface area contributed by atoms with Gasteiger partial charge in [0.05, 0.1) is 5.02 Å². The van der Waals surface area contributed by atoms with Crippen LogP contribution in [0.25, 0.3) is 0 Å². The average Bonchev–Trinajstić information content (AvgIpc) is 2.54. The van der Waals surface area contributed by atoms with Crippen LogP contribution in [0.1, 0.15) is 16.7 Å². The molecule has 0 aliphatic rings. The van der Waals surface area contributed by atoms with E-state index in [2.05, 4.69) is 5.16 Å². The Hall–Kier alpha value is -2.53. The molecule has 2 aromatic rings. The number of halogens is 1. The fourth-order valence-corrected chi connectivity index (χ4v) is 2.02. The highest BCUT2D eigenvalue weighted by molar-refractivity contribution is 6.34. The third-order valence-electron chi connectivity index (χ3n) is 3.23. The number of carbonyl (C=O) groups excluding carboxylic acids is 1. The van der Waals surface area contributed by atoms with E-state index in [1.54, 1.807) is 30.3 Å². The maximum Gasteiger partial charge on any atom is 0.372 e. The lowest BCUT2D eigenvalue weighted by molar-refractivity contribution is -0.146. The number of rotatable bonds is 5. The van der Waals surface area contributed by atoms with Crippen molar-refractivity contribution in [3.05, 3.63) is 64.2 Å². The predicted octanol–water partition coefficient (Wildman–Crippen LogP) is 3.20. The van der Waals surface area contributed by atoms with E-state index >= 15 is 0 Å². The minimum atomic E-state index is -0.654. The Labute approximate surface area is 139 Å². The van der Waals surface area contributed by atoms with Gasteiger partial charge in [0.25, 0.3) is 0 Å². The Morgan fingerprint density at radius 3 is 2.61 bits per heavy atom. The van der Waals surface area contributed by atoms with Crippen molar-refractivity contribution in [1.82, 2.24) is 0 Å². The molecule has 0 heterocycles. The lowest BCUT2D eigenvalue weighted by Gasteiger charge is -2.07. The van der Waals surface area contributed by atoms with E-state index in [1.807, 2.05) is 26.0 Å². The number of amidine groups is 1. The summed E-state index contributed by atoms with van der Waals surface area (Å²) < 4.78 is 5.35. The second-order valence-corrected chi connectivity index (χ2v) is 5.36. The molecule has 23 heavy (non-hydrogen) atoms. The molecule has 2 rings (SSSR count). The van der Waals surface area contributed by atoms with Crippen molar-refractivity contribution in [1.29, 1.82) is 0 Å². The summed E-state index contributed by atoms with van der Waals surface area (Å²) in [4.78, 5) is 16.4. The monoisotopic (exact) mass is 332 g/mol. The minimum absolute atomic E-state index is 0.0233. The van der Waals surface area contributed by atoms with Crippen LogP contribution in [0.3, 0.4) is 0 Å². The lowest BCUT2D eigenvalue weighted by atomic mass is 10.1. The minimum Gasteiger partial charge on any atom is -0.482 e. The maximum absolute atomic E-state index is 11.6. The molecule has 0 aliphatic heterocycles. The van der Waals surface area contributed by atoms with Gasteiger partial charge in [0.2, 0.25) is 0 Å². The Bertz CT molecular complexity index is 744. The molecule has 0 saturated heterocycles. The molecule has 0 unspecified atom stereocenters. The van der Waals surface area contributed by atoms with E-state index in [9.17, 15) is 4.79 Å². The third kappa shape index (κ3) is 4.72. The third-order valence-corrected chi connectivity index (χ3v) is 3.56. The van der Waals surface area contributed by atoms with Gasteiger partial charge in [-0.3, -0.25) is 0 Å². The average molecular weight is 333 g/mol. The molecule has 0 radical (unpaired) electrons. The van der Waals surface area contributed by atoms with Crippen molar-refractivity contribution in [3.8, 4) is 5.75 Å². The summed E-state index contributed by atoms with van der Waals surface area (Å²) in [6, 6.07) is 12.4. The second-order valence-electron chi connectivity index (χ2n) is 4.95. The zero-order chi connectivity index (χ0) is 16.8. The molecule has 0 fully saturated rings. The van der Waals surface area contributed by atoms with Gasteiger partial charge in [-0.25, -0.2) is 4.79 Å². The molecule has 0 bridgehead atoms. The standard InChI is InChI=1S/C17H17ClN2O3/c1-11-7-8-13(9-12(11)2)22-10-16(21)23-20-17(19)14-5-3-4-6-15(14)18/h3-9H,10H2,1-2H3,(H2,19,20). The molecule has 0 amide bonds. The first-order chi connectivity index (χ1) is 11.0. The van der Waals surface area contributed by atoms with Crippen molar-refractivity contribution in [3.63, 3.8) is 0 Å². The molecule has 5 nitrogen and oxygen atoms in total. The molecule has 0 spiro atoms. The summed E-state index contributed by atoms with van der Waals surface area (Å²) in [5.41, 5.74) is 8.46. The van der Waals surface area contributed by atoms with Gasteiger partial charge in [-0.1, -0.05) is 35.0 Å². The van der Waals surface area contributed by atoms with Crippen LogP contribution in [0, 0.1) is 13.8 Å². The van der Waals surface area contributed by atoms with Gasteiger partial charge in [-0.15, -0.1) is 0 Å². The lowest BCUT2D eigenvalue weighted by Crippen LogP contribution is -2.18. The first-order valence-electron chi connectivity index (χ1n) is 6.95. The van der Waals surface area contributed by atoms with Crippen LogP contribution in [0.5, 0.6) is 5.75 Å². The summed E-state index contributed by atoms with van der Waals surface area (Å²) in [5.74, 6) is -0.0403. The van der Waals surface area contributed by atoms with Gasteiger partial charge in [-0.05, 0) is 49.2 Å². The Balaban J connectivity index is 1.91. The van der Waals surface area contributed by atoms with Crippen LogP contribution in [0.4, 0.5) is 0 Å². The highest BCUT2D eigenvalue weighted by atomic mass is 35.5. The number of carbonyl (C=O) groups is 1. The number of nitrogens with zero attached hydrogens (tertiary/aromatic N) is 1. The van der Waals surface area contributed by atoms with Crippen LogP contribution in [0.2, 0.25) is 5.02 Å². The van der Waals surface area contributed by atoms with Crippen LogP contribution < -0.4 is 10.5 Å². The van der Waals surface area contributed by atoms with Gasteiger partial charge in [0.15, 0.2) is 12.4 Å². The summed E-state index contributed by atoms with van der Waals surface area (Å²) in [6.45, 7) is 3.70. The number of benzene rings is 2. The Morgan fingerprint density at radius 1 is 1.17 bits per heavy atom. The van der Waals surface area contributed by atoms with Gasteiger partial charge < -0.3 is 15.3 Å². The molecule has 2 aromatic carbocycles. The number of nitrogens with two attached hydrogens (primary N) is 1. The molecule has 0 atom stereocenters. The number of oxime groups is 1. The molecule has 0 aromatic heterocycles. The van der Waals surface area contributed by atoms with Gasteiger partial charge in [0, 0.05) is 5.56 Å². The number of aryl methyl sites for hydroxylation is 2. The molecular weight excluding hydrogens is 316 g/mol. The maximum atomic E-state index is 11.6. The molecule has 120 valence electrons. The Morgan fingerprint density at radius 2 is 1.91 bits per heavy atom. The van der Waals surface area contributed by atoms with Crippen LogP contribution in [-0.4, -0.2) is 18.4 Å². The number of ether oxygens (including phenoxy) is 1. The highest BCUT2D eigenvalue weighted by Gasteiger charge is 2.08. The van der Waals surface area contributed by atoms with Crippen molar-refractivity contribution in [2.24, 2.45) is 10.9 Å². The van der Waals surface area contributed by atoms with E-state index < -0.39 is 5.97 Å². The summed E-state index contributed by atoms with van der Waals surface area (Å²) in [7, 11) is 0. The van der Waals surface area contributed by atoms with Gasteiger partial charge in [0.1, 0.15) is 5.75 Å². The van der Waals surface area contributed by atoms with E-state index in [1.165, 1.54) is 0 Å². The molecule has 6 heteroatoms. The number of hydrogen-bond acceptors (Lipinski definition) is 4. The fourth-order valence-electron chi connectivity index (χ4n) is 1.79. The van der Waals surface area contributed by atoms with E-state index in [-0.39, 0.29) is 12.4 Å². The zero-order valence-corrected chi connectivity index (χ0v) is 13.6. The van der Waals surface area contributed by atoms with E-state index in [0.717, 1.165) is 11.1 Å². The summed E-state index contributed by atoms with van der Waals surface area (Å²) >= 11 is 5.98. The second kappa shape index (κ2) is 7.65. The van der Waals surface area contributed by atoms with Crippen LogP contribution in [0.15, 0.2) is 47.6 Å². The first kappa shape index (κ1) is 16.8. The van der Waals surface area contributed by atoms with E-state index in [4.69, 9.17) is 26.9 Å². The number of hydrogen-bond donors (Lipinski definition) is 1. The zero-order valence-electron chi connectivity index (χ0n) is 12.9. The van der Waals surface area contributed by atoms with Crippen LogP contribution in [-0.2, 0) is 9.63 Å². The fraction of sp³-hybridized carbons (Fsp3) is 0.176. The molecule has 0 saturated carbocycles. The molecular formula is C17H17ClN2O3. The smallest absolute Gasteiger partial charge is 0.372 e. The van der Waals surface area contributed by atoms with E-state index in [0.29, 0.717) is 16.3 Å². The normalized spacial score (nSPS) is 11.2. The molecule has 2 N–H and O–H groups in total. The van der Waals surface area contributed by atoms with Gasteiger partial charge in [-0.2, -0.15) is 0 Å². The Kier molecular flexibility index (Phi) is 5.60. The van der Waals surface area contributed by atoms with Crippen molar-refractivity contribution >= 4 is 23.4 Å². The predicted molar refractivity (Wildman–Crippen MR) is 89.7 cm³/mol. The first-order valence-corrected chi connectivity index (χ1v) is 7.33. The SMILES string of the molecule is Cc1ccc(OCC(=O)O/N=C(\N)c2ccccc2Cl)cc1C. The van der Waals surface area contributed by atoms with Gasteiger partial charge >= 0.3 is 5.97 Å². The van der Waals surface area contributed by atoms with Crippen LogP contribution >= 0.6 is 11.6 Å². The summed E-state index contributed by atoms with van der Waals surface area (Å²) in [5, 5.41) is 4.01. The largest absolute Gasteiger partial charge is 0.482 e. The van der Waals surface area contributed by atoms with Crippen molar-refractivity contribution < 1.29 is 14.4 Å². The van der Waals surface area contributed by atoms with Crippen molar-refractivity contribution in [2.75, 3.05) is 6.61 Å². The summed E-state index contributed by atoms with van der Waals surface area (Å²) in [6.07, 6.45) is 0. The van der Waals surface area contributed by atoms with Crippen molar-refractivity contribution in [2.45, 2.75) is 13.8 Å². The topological polar surface area (TPSA) is 73.9 Å². The highest BCUT2D eigenvalue weighted by Crippen LogP contribution is 2.16. The quantitative estimate of drug-likeness (QED) is 0.395.